The molecule has 2 aromatic rings. The smallest absolute Gasteiger partial charge is 0.268 e. The molecule has 72 valence electrons. The van der Waals surface area contributed by atoms with Crippen LogP contribution in [0.15, 0.2) is 23.0 Å². The van der Waals surface area contributed by atoms with E-state index in [0.29, 0.717) is 15.9 Å². The molecular weight excluding hydrogens is 244 g/mol. The van der Waals surface area contributed by atoms with E-state index in [4.69, 9.17) is 34.8 Å². The van der Waals surface area contributed by atoms with Gasteiger partial charge in [0.2, 0.25) is 0 Å². The molecule has 1 aromatic heterocycles. The summed E-state index contributed by atoms with van der Waals surface area (Å²) in [6.07, 6.45) is 0. The first-order valence-electron chi connectivity index (χ1n) is 3.77. The van der Waals surface area contributed by atoms with Gasteiger partial charge >= 0.3 is 0 Å². The predicted molar refractivity (Wildman–Crippen MR) is 59.6 cm³/mol. The first kappa shape index (κ1) is 9.84. The summed E-state index contributed by atoms with van der Waals surface area (Å²) < 4.78 is 0. The van der Waals surface area contributed by atoms with Gasteiger partial charge in [-0.05, 0) is 12.1 Å². The van der Waals surface area contributed by atoms with Gasteiger partial charge in [-0.15, -0.1) is 0 Å². The molecule has 0 atom stereocenters. The van der Waals surface area contributed by atoms with Crippen molar-refractivity contribution in [1.82, 2.24) is 4.98 Å². The molecular formula is C9H4Cl3NO. The Labute approximate surface area is 94.4 Å². The largest absolute Gasteiger partial charge is 0.321 e. The Kier molecular flexibility index (Phi) is 2.43. The molecule has 0 aliphatic heterocycles. The lowest BCUT2D eigenvalue weighted by Crippen LogP contribution is -2.06. The topological polar surface area (TPSA) is 32.9 Å². The normalized spacial score (nSPS) is 10.8. The van der Waals surface area contributed by atoms with Crippen molar-refractivity contribution < 1.29 is 0 Å². The minimum absolute atomic E-state index is 0.0349. The second-order valence-electron chi connectivity index (χ2n) is 2.74. The molecule has 0 bridgehead atoms. The van der Waals surface area contributed by atoms with Crippen molar-refractivity contribution in [1.29, 1.82) is 0 Å². The zero-order valence-corrected chi connectivity index (χ0v) is 9.04. The van der Waals surface area contributed by atoms with Gasteiger partial charge in [0, 0.05) is 5.39 Å². The van der Waals surface area contributed by atoms with Crippen LogP contribution in [0.25, 0.3) is 10.9 Å². The molecule has 1 heterocycles. The molecule has 5 heteroatoms. The van der Waals surface area contributed by atoms with Crippen LogP contribution in [0, 0.1) is 0 Å². The quantitative estimate of drug-likeness (QED) is 0.760. The number of hydrogen-bond donors (Lipinski definition) is 1. The summed E-state index contributed by atoms with van der Waals surface area (Å²) in [4.78, 5) is 13.8. The number of hydrogen-bond acceptors (Lipinski definition) is 1. The average Bonchev–Trinajstić information content (AvgIpc) is 2.14. The molecule has 2 rings (SSSR count). The minimum atomic E-state index is -0.411. The third kappa shape index (κ3) is 1.40. The van der Waals surface area contributed by atoms with Gasteiger partial charge < -0.3 is 4.98 Å². The van der Waals surface area contributed by atoms with Gasteiger partial charge in [0.05, 0.1) is 15.6 Å². The lowest BCUT2D eigenvalue weighted by molar-refractivity contribution is 1.31. The highest BCUT2D eigenvalue weighted by Gasteiger charge is 2.10. The van der Waals surface area contributed by atoms with E-state index in [9.17, 15) is 4.79 Å². The van der Waals surface area contributed by atoms with Crippen LogP contribution in [0.2, 0.25) is 15.1 Å². The lowest BCUT2D eigenvalue weighted by Gasteiger charge is -2.03. The molecule has 0 saturated carbocycles. The number of pyridine rings is 1. The van der Waals surface area contributed by atoms with Gasteiger partial charge in [-0.1, -0.05) is 40.9 Å². The molecule has 14 heavy (non-hydrogen) atoms. The SMILES string of the molecule is O=c1[nH]c2cccc(Cl)c2c(Cl)c1Cl. The zero-order chi connectivity index (χ0) is 10.3. The van der Waals surface area contributed by atoms with Gasteiger partial charge in [-0.3, -0.25) is 4.79 Å². The van der Waals surface area contributed by atoms with Crippen LogP contribution in [0.3, 0.4) is 0 Å². The van der Waals surface area contributed by atoms with Crippen molar-refractivity contribution in [2.75, 3.05) is 0 Å². The summed E-state index contributed by atoms with van der Waals surface area (Å²) in [6, 6.07) is 5.13. The van der Waals surface area contributed by atoms with Gasteiger partial charge in [0.25, 0.3) is 5.56 Å². The fraction of sp³-hybridized carbons (Fsp3) is 0. The number of aromatic nitrogens is 1. The maximum Gasteiger partial charge on any atom is 0.268 e. The van der Waals surface area contributed by atoms with Gasteiger partial charge in [-0.25, -0.2) is 0 Å². The fourth-order valence-corrected chi connectivity index (χ4v) is 1.99. The molecule has 2 nitrogen and oxygen atoms in total. The van der Waals surface area contributed by atoms with Crippen LogP contribution < -0.4 is 5.56 Å². The number of nitrogens with one attached hydrogen (secondary N) is 1. The minimum Gasteiger partial charge on any atom is -0.321 e. The van der Waals surface area contributed by atoms with Crippen molar-refractivity contribution in [3.63, 3.8) is 0 Å². The van der Waals surface area contributed by atoms with Crippen LogP contribution in [0.4, 0.5) is 0 Å². The molecule has 0 aliphatic carbocycles. The number of aromatic amines is 1. The first-order valence-corrected chi connectivity index (χ1v) is 4.90. The molecule has 1 aromatic carbocycles. The number of benzene rings is 1. The number of fused-ring (bicyclic) bond motifs is 1. The van der Waals surface area contributed by atoms with E-state index in [1.165, 1.54) is 0 Å². The highest BCUT2D eigenvalue weighted by molar-refractivity contribution is 6.47. The zero-order valence-electron chi connectivity index (χ0n) is 6.77. The van der Waals surface area contributed by atoms with E-state index in [1.807, 2.05) is 0 Å². The highest BCUT2D eigenvalue weighted by Crippen LogP contribution is 2.31. The Hall–Kier alpha value is -0.700. The number of rotatable bonds is 0. The van der Waals surface area contributed by atoms with Crippen molar-refractivity contribution in [3.8, 4) is 0 Å². The summed E-state index contributed by atoms with van der Waals surface area (Å²) in [5.41, 5.74) is 0.170. The summed E-state index contributed by atoms with van der Waals surface area (Å²) >= 11 is 17.5. The van der Waals surface area contributed by atoms with E-state index in [2.05, 4.69) is 4.98 Å². The highest BCUT2D eigenvalue weighted by atomic mass is 35.5. The molecule has 0 spiro atoms. The lowest BCUT2D eigenvalue weighted by atomic mass is 10.2. The molecule has 1 N–H and O–H groups in total. The van der Waals surface area contributed by atoms with Crippen LogP contribution in [-0.2, 0) is 0 Å². The van der Waals surface area contributed by atoms with Crippen molar-refractivity contribution >= 4 is 45.7 Å². The monoisotopic (exact) mass is 247 g/mol. The molecule has 0 amide bonds. The first-order chi connectivity index (χ1) is 6.61. The third-order valence-corrected chi connectivity index (χ3v) is 3.02. The summed E-state index contributed by atoms with van der Waals surface area (Å²) in [7, 11) is 0. The van der Waals surface area contributed by atoms with Crippen LogP contribution in [-0.4, -0.2) is 4.98 Å². The Morgan fingerprint density at radius 2 is 1.79 bits per heavy atom. The van der Waals surface area contributed by atoms with Crippen molar-refractivity contribution in [3.05, 3.63) is 43.6 Å². The number of H-pyrrole nitrogens is 1. The average molecular weight is 248 g/mol. The summed E-state index contributed by atoms with van der Waals surface area (Å²) in [6.45, 7) is 0. The van der Waals surface area contributed by atoms with Gasteiger partial charge in [-0.2, -0.15) is 0 Å². The molecule has 0 unspecified atom stereocenters. The fourth-order valence-electron chi connectivity index (χ4n) is 1.24. The second kappa shape index (κ2) is 3.46. The predicted octanol–water partition coefficient (Wildman–Crippen LogP) is 3.49. The standard InChI is InChI=1S/C9H4Cl3NO/c10-4-2-1-3-5-6(4)7(11)8(12)9(14)13-5/h1-3H,(H,13,14). The Balaban J connectivity index is 3.07. The number of halogens is 3. The molecule has 0 radical (unpaired) electrons. The summed E-state index contributed by atoms with van der Waals surface area (Å²) in [5.74, 6) is 0. The Morgan fingerprint density at radius 3 is 2.50 bits per heavy atom. The molecule has 0 saturated heterocycles. The van der Waals surface area contributed by atoms with E-state index in [1.54, 1.807) is 18.2 Å². The van der Waals surface area contributed by atoms with E-state index < -0.39 is 5.56 Å². The third-order valence-electron chi connectivity index (χ3n) is 1.87. The van der Waals surface area contributed by atoms with E-state index in [-0.39, 0.29) is 10.0 Å². The summed E-state index contributed by atoms with van der Waals surface area (Å²) in [5, 5.41) is 1.19. The van der Waals surface area contributed by atoms with Crippen LogP contribution >= 0.6 is 34.8 Å². The van der Waals surface area contributed by atoms with Crippen LogP contribution in [0.1, 0.15) is 0 Å². The second-order valence-corrected chi connectivity index (χ2v) is 3.91. The van der Waals surface area contributed by atoms with Crippen molar-refractivity contribution in [2.45, 2.75) is 0 Å². The molecule has 0 aliphatic rings. The van der Waals surface area contributed by atoms with Gasteiger partial charge in [0.1, 0.15) is 5.02 Å². The maximum atomic E-state index is 11.3. The van der Waals surface area contributed by atoms with E-state index in [0.717, 1.165) is 0 Å². The van der Waals surface area contributed by atoms with Gasteiger partial charge in [0.15, 0.2) is 0 Å². The van der Waals surface area contributed by atoms with E-state index >= 15 is 0 Å². The maximum absolute atomic E-state index is 11.3. The Morgan fingerprint density at radius 1 is 1.07 bits per heavy atom. The molecule has 0 fully saturated rings. The Bertz CT molecular complexity index is 562. The van der Waals surface area contributed by atoms with Crippen molar-refractivity contribution in [2.24, 2.45) is 0 Å². The van der Waals surface area contributed by atoms with Crippen LogP contribution in [0.5, 0.6) is 0 Å².